The first kappa shape index (κ1) is 11.2. The van der Waals surface area contributed by atoms with Gasteiger partial charge in [0.2, 0.25) is 0 Å². The van der Waals surface area contributed by atoms with Gasteiger partial charge in [-0.2, -0.15) is 0 Å². The maximum atomic E-state index is 10.5. The minimum absolute atomic E-state index is 0.108. The van der Waals surface area contributed by atoms with Crippen LogP contribution in [-0.2, 0) is 4.79 Å². The van der Waals surface area contributed by atoms with Gasteiger partial charge in [0.05, 0.1) is 5.92 Å². The molecule has 0 amide bonds. The fourth-order valence-electron chi connectivity index (χ4n) is 1.71. The minimum Gasteiger partial charge on any atom is -0.481 e. The van der Waals surface area contributed by atoms with Crippen molar-refractivity contribution in [2.45, 2.75) is 25.7 Å². The maximum absolute atomic E-state index is 10.5. The van der Waals surface area contributed by atoms with Crippen LogP contribution >= 0.6 is 0 Å². The molecule has 1 aliphatic rings. The Morgan fingerprint density at radius 2 is 2.14 bits per heavy atom. The Hall–Kier alpha value is -0.830. The molecular formula is C11H19NO2. The van der Waals surface area contributed by atoms with Crippen molar-refractivity contribution in [3.05, 3.63) is 12.7 Å². The number of carbonyl (C=O) groups is 1. The summed E-state index contributed by atoms with van der Waals surface area (Å²) in [5, 5.41) is 8.65. The van der Waals surface area contributed by atoms with Gasteiger partial charge >= 0.3 is 5.97 Å². The molecule has 3 nitrogen and oxygen atoms in total. The van der Waals surface area contributed by atoms with E-state index in [4.69, 9.17) is 5.11 Å². The van der Waals surface area contributed by atoms with E-state index in [1.807, 2.05) is 6.08 Å². The molecule has 0 aliphatic carbocycles. The Labute approximate surface area is 85.4 Å². The average Bonchev–Trinajstić information content (AvgIpc) is 2.06. The first-order valence-electron chi connectivity index (χ1n) is 5.30. The lowest BCUT2D eigenvalue weighted by atomic mass is 10.00. The standard InChI is InChI=1S/C11H19NO2/c1-2-3-4-5-6-7-12-8-10(9-12)11(13)14/h2,10H,1,3-9H2,(H,13,14). The Balaban J connectivity index is 1.90. The molecule has 0 radical (unpaired) electrons. The zero-order valence-corrected chi connectivity index (χ0v) is 8.61. The molecule has 0 unspecified atom stereocenters. The van der Waals surface area contributed by atoms with E-state index in [2.05, 4.69) is 11.5 Å². The van der Waals surface area contributed by atoms with Crippen molar-refractivity contribution in [2.75, 3.05) is 19.6 Å². The first-order valence-corrected chi connectivity index (χ1v) is 5.30. The smallest absolute Gasteiger partial charge is 0.309 e. The van der Waals surface area contributed by atoms with E-state index >= 15 is 0 Å². The molecule has 1 heterocycles. The highest BCUT2D eigenvalue weighted by Crippen LogP contribution is 2.16. The van der Waals surface area contributed by atoms with E-state index < -0.39 is 5.97 Å². The van der Waals surface area contributed by atoms with Gasteiger partial charge in [0.1, 0.15) is 0 Å². The molecule has 3 heteroatoms. The summed E-state index contributed by atoms with van der Waals surface area (Å²) in [6.07, 6.45) is 6.65. The molecule has 1 rings (SSSR count). The van der Waals surface area contributed by atoms with Crippen LogP contribution in [-0.4, -0.2) is 35.6 Å². The molecule has 0 aromatic carbocycles. The van der Waals surface area contributed by atoms with Crippen molar-refractivity contribution in [1.29, 1.82) is 0 Å². The largest absolute Gasteiger partial charge is 0.481 e. The Bertz CT molecular complexity index is 197. The van der Waals surface area contributed by atoms with Crippen molar-refractivity contribution in [3.8, 4) is 0 Å². The summed E-state index contributed by atoms with van der Waals surface area (Å²) < 4.78 is 0. The molecule has 80 valence electrons. The first-order chi connectivity index (χ1) is 6.74. The van der Waals surface area contributed by atoms with Crippen LogP contribution < -0.4 is 0 Å². The number of likely N-dealkylation sites (tertiary alicyclic amines) is 1. The zero-order chi connectivity index (χ0) is 10.4. The van der Waals surface area contributed by atoms with Crippen LogP contribution in [0.1, 0.15) is 25.7 Å². The lowest BCUT2D eigenvalue weighted by Gasteiger charge is -2.36. The molecule has 0 spiro atoms. The van der Waals surface area contributed by atoms with E-state index in [0.29, 0.717) is 0 Å². The summed E-state index contributed by atoms with van der Waals surface area (Å²) in [4.78, 5) is 12.7. The van der Waals surface area contributed by atoms with Crippen molar-refractivity contribution in [2.24, 2.45) is 5.92 Å². The van der Waals surface area contributed by atoms with Gasteiger partial charge in [0.15, 0.2) is 0 Å². The van der Waals surface area contributed by atoms with Gasteiger partial charge in [-0.1, -0.05) is 12.5 Å². The highest BCUT2D eigenvalue weighted by molar-refractivity contribution is 5.71. The fraction of sp³-hybridized carbons (Fsp3) is 0.727. The van der Waals surface area contributed by atoms with Gasteiger partial charge < -0.3 is 10.0 Å². The molecule has 1 saturated heterocycles. The second-order valence-corrected chi connectivity index (χ2v) is 3.93. The molecule has 1 N–H and O–H groups in total. The molecule has 0 bridgehead atoms. The number of nitrogens with zero attached hydrogens (tertiary/aromatic N) is 1. The molecule has 0 aromatic rings. The highest BCUT2D eigenvalue weighted by Gasteiger charge is 2.31. The number of hydrogen-bond donors (Lipinski definition) is 1. The zero-order valence-electron chi connectivity index (χ0n) is 8.61. The van der Waals surface area contributed by atoms with Crippen molar-refractivity contribution in [1.82, 2.24) is 4.90 Å². The molecule has 1 aliphatic heterocycles. The summed E-state index contributed by atoms with van der Waals surface area (Å²) in [6, 6.07) is 0. The third-order valence-corrected chi connectivity index (χ3v) is 2.69. The Kier molecular flexibility index (Phi) is 4.66. The molecule has 0 atom stereocenters. The van der Waals surface area contributed by atoms with E-state index in [9.17, 15) is 4.79 Å². The van der Waals surface area contributed by atoms with Gasteiger partial charge in [-0.15, -0.1) is 6.58 Å². The molecular weight excluding hydrogens is 178 g/mol. The quantitative estimate of drug-likeness (QED) is 0.499. The van der Waals surface area contributed by atoms with Crippen LogP contribution in [0.5, 0.6) is 0 Å². The van der Waals surface area contributed by atoms with E-state index in [1.165, 1.54) is 19.3 Å². The van der Waals surface area contributed by atoms with Crippen molar-refractivity contribution < 1.29 is 9.90 Å². The second kappa shape index (κ2) is 5.81. The Morgan fingerprint density at radius 1 is 1.43 bits per heavy atom. The molecule has 0 aromatic heterocycles. The van der Waals surface area contributed by atoms with Crippen LogP contribution in [0, 0.1) is 5.92 Å². The number of carboxylic acids is 1. The number of unbranched alkanes of at least 4 members (excludes halogenated alkanes) is 3. The van der Waals surface area contributed by atoms with Crippen LogP contribution in [0.3, 0.4) is 0 Å². The molecule has 0 saturated carbocycles. The monoisotopic (exact) mass is 197 g/mol. The molecule has 14 heavy (non-hydrogen) atoms. The normalized spacial score (nSPS) is 17.7. The van der Waals surface area contributed by atoms with E-state index in [0.717, 1.165) is 26.1 Å². The van der Waals surface area contributed by atoms with Crippen LogP contribution in [0.25, 0.3) is 0 Å². The van der Waals surface area contributed by atoms with Gasteiger partial charge in [0, 0.05) is 13.1 Å². The van der Waals surface area contributed by atoms with Crippen LogP contribution in [0.4, 0.5) is 0 Å². The van der Waals surface area contributed by atoms with Gasteiger partial charge in [-0.25, -0.2) is 0 Å². The van der Waals surface area contributed by atoms with E-state index in [-0.39, 0.29) is 5.92 Å². The van der Waals surface area contributed by atoms with Crippen molar-refractivity contribution in [3.63, 3.8) is 0 Å². The van der Waals surface area contributed by atoms with Gasteiger partial charge in [-0.3, -0.25) is 4.79 Å². The number of aliphatic carboxylic acids is 1. The lowest BCUT2D eigenvalue weighted by molar-refractivity contribution is -0.147. The summed E-state index contributed by atoms with van der Waals surface area (Å²) in [5.41, 5.74) is 0. The predicted molar refractivity (Wildman–Crippen MR) is 56.2 cm³/mol. The lowest BCUT2D eigenvalue weighted by Crippen LogP contribution is -2.50. The summed E-state index contributed by atoms with van der Waals surface area (Å²) in [5.74, 6) is -0.754. The van der Waals surface area contributed by atoms with Crippen LogP contribution in [0.15, 0.2) is 12.7 Å². The number of allylic oxidation sites excluding steroid dienone is 1. The Morgan fingerprint density at radius 3 is 2.71 bits per heavy atom. The third-order valence-electron chi connectivity index (χ3n) is 2.69. The van der Waals surface area contributed by atoms with Crippen molar-refractivity contribution >= 4 is 5.97 Å². The highest BCUT2D eigenvalue weighted by atomic mass is 16.4. The third kappa shape index (κ3) is 3.50. The topological polar surface area (TPSA) is 40.5 Å². The number of carboxylic acid groups (broad SMARTS) is 1. The number of rotatable bonds is 7. The average molecular weight is 197 g/mol. The minimum atomic E-state index is -0.645. The summed E-state index contributed by atoms with van der Waals surface area (Å²) in [6.45, 7) is 6.22. The van der Waals surface area contributed by atoms with Gasteiger partial charge in [-0.05, 0) is 25.8 Å². The maximum Gasteiger partial charge on any atom is 0.309 e. The fourth-order valence-corrected chi connectivity index (χ4v) is 1.71. The van der Waals surface area contributed by atoms with Crippen LogP contribution in [0.2, 0.25) is 0 Å². The number of hydrogen-bond acceptors (Lipinski definition) is 2. The van der Waals surface area contributed by atoms with Gasteiger partial charge in [0.25, 0.3) is 0 Å². The molecule has 1 fully saturated rings. The second-order valence-electron chi connectivity index (χ2n) is 3.93. The summed E-state index contributed by atoms with van der Waals surface area (Å²) >= 11 is 0. The predicted octanol–water partition coefficient (Wildman–Crippen LogP) is 1.75. The SMILES string of the molecule is C=CCCCCCN1CC(C(=O)O)C1. The van der Waals surface area contributed by atoms with E-state index in [1.54, 1.807) is 0 Å². The summed E-state index contributed by atoms with van der Waals surface area (Å²) in [7, 11) is 0.